The Balaban J connectivity index is 2.08. The zero-order valence-corrected chi connectivity index (χ0v) is 13.7. The lowest BCUT2D eigenvalue weighted by Gasteiger charge is -2.28. The van der Waals surface area contributed by atoms with E-state index in [0.717, 1.165) is 19.4 Å². The fraction of sp³-hybridized carbons (Fsp3) is 0.533. The highest BCUT2D eigenvalue weighted by Gasteiger charge is 2.34. The lowest BCUT2D eigenvalue weighted by Crippen LogP contribution is -2.52. The summed E-state index contributed by atoms with van der Waals surface area (Å²) in [6.45, 7) is 3.04. The molecule has 1 unspecified atom stereocenters. The Morgan fingerprint density at radius 3 is 2.55 bits per heavy atom. The Morgan fingerprint density at radius 2 is 2.05 bits per heavy atom. The van der Waals surface area contributed by atoms with Gasteiger partial charge < -0.3 is 10.1 Å². The van der Waals surface area contributed by atoms with E-state index in [9.17, 15) is 13.2 Å². The van der Waals surface area contributed by atoms with Crippen molar-refractivity contribution in [3.05, 3.63) is 29.8 Å². The molecule has 2 N–H and O–H groups in total. The van der Waals surface area contributed by atoms with Crippen LogP contribution in [0, 0.1) is 0 Å². The van der Waals surface area contributed by atoms with Gasteiger partial charge in [-0.25, -0.2) is 13.1 Å². The van der Waals surface area contributed by atoms with Crippen LogP contribution in [0.4, 0.5) is 0 Å². The van der Waals surface area contributed by atoms with E-state index in [0.29, 0.717) is 12.2 Å². The number of sulfonamides is 1. The number of ether oxygens (including phenoxy) is 1. The summed E-state index contributed by atoms with van der Waals surface area (Å²) in [6.07, 6.45) is 1.87. The number of benzene rings is 1. The molecule has 0 amide bonds. The van der Waals surface area contributed by atoms with Gasteiger partial charge in [-0.2, -0.15) is 0 Å². The van der Waals surface area contributed by atoms with Gasteiger partial charge in [0, 0.05) is 19.2 Å². The highest BCUT2D eigenvalue weighted by Crippen LogP contribution is 2.20. The molecule has 0 saturated carbocycles. The van der Waals surface area contributed by atoms with Gasteiger partial charge in [-0.15, -0.1) is 0 Å². The van der Waals surface area contributed by atoms with Gasteiger partial charge in [0.05, 0.1) is 17.0 Å². The molecule has 22 heavy (non-hydrogen) atoms. The van der Waals surface area contributed by atoms with Gasteiger partial charge >= 0.3 is 0 Å². The molecule has 1 saturated heterocycles. The van der Waals surface area contributed by atoms with E-state index in [1.54, 1.807) is 7.11 Å². The number of Topliss-reactive ketones (excluding diaryl/α,β-unsaturated/α-hetero) is 1. The predicted octanol–water partition coefficient (Wildman–Crippen LogP) is 0.936. The van der Waals surface area contributed by atoms with Gasteiger partial charge in [0.2, 0.25) is 10.0 Å². The van der Waals surface area contributed by atoms with Crippen molar-refractivity contribution in [1.82, 2.24) is 10.0 Å². The van der Waals surface area contributed by atoms with E-state index in [1.807, 2.05) is 0 Å². The number of hydrogen-bond acceptors (Lipinski definition) is 5. The van der Waals surface area contributed by atoms with Crippen molar-refractivity contribution in [2.45, 2.75) is 30.2 Å². The number of hydrogen-bond donors (Lipinski definition) is 2. The zero-order chi connectivity index (χ0) is 16.2. The average molecular weight is 326 g/mol. The summed E-state index contributed by atoms with van der Waals surface area (Å²) in [5.74, 6) is -0.0916. The first-order chi connectivity index (χ1) is 10.4. The maximum absolute atomic E-state index is 12.4. The topological polar surface area (TPSA) is 84.5 Å². The second kappa shape index (κ2) is 6.87. The SMILES string of the molecule is COCC1(CNS(=O)(=O)c2ccc(C(C)=O)cc2)CCCN1. The second-order valence-electron chi connectivity index (χ2n) is 5.65. The lowest BCUT2D eigenvalue weighted by atomic mass is 9.99. The van der Waals surface area contributed by atoms with Crippen LogP contribution in [0.1, 0.15) is 30.1 Å². The third-order valence-corrected chi connectivity index (χ3v) is 5.34. The number of rotatable bonds is 7. The quantitative estimate of drug-likeness (QED) is 0.729. The number of ketones is 1. The minimum absolute atomic E-state index is 0.0916. The molecule has 0 aliphatic carbocycles. The molecule has 1 heterocycles. The molecule has 0 radical (unpaired) electrons. The van der Waals surface area contributed by atoms with Crippen molar-refractivity contribution in [3.63, 3.8) is 0 Å². The summed E-state index contributed by atoms with van der Waals surface area (Å²) in [4.78, 5) is 11.4. The highest BCUT2D eigenvalue weighted by atomic mass is 32.2. The largest absolute Gasteiger partial charge is 0.383 e. The van der Waals surface area contributed by atoms with Crippen LogP contribution < -0.4 is 10.0 Å². The molecule has 1 aromatic rings. The van der Waals surface area contributed by atoms with Crippen molar-refractivity contribution < 1.29 is 17.9 Å². The molecule has 1 fully saturated rings. The van der Waals surface area contributed by atoms with Crippen LogP contribution in [0.2, 0.25) is 0 Å². The Morgan fingerprint density at radius 1 is 1.36 bits per heavy atom. The zero-order valence-electron chi connectivity index (χ0n) is 12.9. The summed E-state index contributed by atoms with van der Waals surface area (Å²) >= 11 is 0. The van der Waals surface area contributed by atoms with E-state index in [1.165, 1.54) is 31.2 Å². The Labute approximate surface area is 131 Å². The van der Waals surface area contributed by atoms with Gasteiger partial charge in [0.1, 0.15) is 0 Å². The Hall–Kier alpha value is -1.28. The number of methoxy groups -OCH3 is 1. The smallest absolute Gasteiger partial charge is 0.240 e. The van der Waals surface area contributed by atoms with Crippen molar-refractivity contribution >= 4 is 15.8 Å². The molecule has 0 spiro atoms. The van der Waals surface area contributed by atoms with Crippen molar-refractivity contribution in [1.29, 1.82) is 0 Å². The van der Waals surface area contributed by atoms with Crippen molar-refractivity contribution in [3.8, 4) is 0 Å². The first-order valence-electron chi connectivity index (χ1n) is 7.23. The van der Waals surface area contributed by atoms with Crippen LogP contribution in [0.5, 0.6) is 0 Å². The number of nitrogens with one attached hydrogen (secondary N) is 2. The third-order valence-electron chi connectivity index (χ3n) is 3.92. The van der Waals surface area contributed by atoms with Crippen LogP contribution in [-0.4, -0.2) is 46.5 Å². The molecule has 1 aromatic carbocycles. The number of carbonyl (C=O) groups is 1. The minimum atomic E-state index is -3.60. The lowest BCUT2D eigenvalue weighted by molar-refractivity contribution is 0.101. The fourth-order valence-corrected chi connectivity index (χ4v) is 3.78. The first kappa shape index (κ1) is 17.1. The van der Waals surface area contributed by atoms with Crippen molar-refractivity contribution in [2.75, 3.05) is 26.8 Å². The van der Waals surface area contributed by atoms with Crippen molar-refractivity contribution in [2.24, 2.45) is 0 Å². The summed E-state index contributed by atoms with van der Waals surface area (Å²) in [6, 6.07) is 5.94. The highest BCUT2D eigenvalue weighted by molar-refractivity contribution is 7.89. The van der Waals surface area contributed by atoms with Crippen LogP contribution in [0.15, 0.2) is 29.2 Å². The number of carbonyl (C=O) groups excluding carboxylic acids is 1. The predicted molar refractivity (Wildman–Crippen MR) is 83.5 cm³/mol. The molecule has 1 atom stereocenters. The van der Waals surface area contributed by atoms with E-state index >= 15 is 0 Å². The standard InChI is InChI=1S/C15H22N2O4S/c1-12(18)13-4-6-14(7-5-13)22(19,20)17-10-15(11-21-2)8-3-9-16-15/h4-7,16-17H,3,8-11H2,1-2H3. The van der Waals surface area contributed by atoms with Gasteiger partial charge in [-0.1, -0.05) is 12.1 Å². The second-order valence-corrected chi connectivity index (χ2v) is 7.42. The van der Waals surface area contributed by atoms with Crippen LogP contribution in [0.25, 0.3) is 0 Å². The molecule has 0 bridgehead atoms. The molecule has 1 aliphatic rings. The van der Waals surface area contributed by atoms with Gasteiger partial charge in [0.15, 0.2) is 5.78 Å². The van der Waals surface area contributed by atoms with E-state index in [2.05, 4.69) is 10.0 Å². The van der Waals surface area contributed by atoms with Crippen LogP contribution in [0.3, 0.4) is 0 Å². The normalized spacial score (nSPS) is 21.9. The van der Waals surface area contributed by atoms with Gasteiger partial charge in [0.25, 0.3) is 0 Å². The molecule has 0 aromatic heterocycles. The first-order valence-corrected chi connectivity index (χ1v) is 8.71. The minimum Gasteiger partial charge on any atom is -0.383 e. The molecule has 1 aliphatic heterocycles. The summed E-state index contributed by atoms with van der Waals surface area (Å²) in [5, 5.41) is 3.32. The molecule has 122 valence electrons. The maximum Gasteiger partial charge on any atom is 0.240 e. The average Bonchev–Trinajstić information content (AvgIpc) is 2.95. The van der Waals surface area contributed by atoms with E-state index in [4.69, 9.17) is 4.74 Å². The molecular formula is C15H22N2O4S. The van der Waals surface area contributed by atoms with Crippen LogP contribution >= 0.6 is 0 Å². The summed E-state index contributed by atoms with van der Waals surface area (Å²) in [7, 11) is -2.00. The summed E-state index contributed by atoms with van der Waals surface area (Å²) < 4.78 is 32.5. The maximum atomic E-state index is 12.4. The van der Waals surface area contributed by atoms with Crippen LogP contribution in [-0.2, 0) is 14.8 Å². The molecule has 7 heteroatoms. The molecule has 2 rings (SSSR count). The van der Waals surface area contributed by atoms with Gasteiger partial charge in [-0.05, 0) is 38.4 Å². The molecule has 6 nitrogen and oxygen atoms in total. The Bertz CT molecular complexity index is 619. The van der Waals surface area contributed by atoms with Gasteiger partial charge in [-0.3, -0.25) is 4.79 Å². The fourth-order valence-electron chi connectivity index (χ4n) is 2.66. The van der Waals surface area contributed by atoms with E-state index in [-0.39, 0.29) is 22.8 Å². The summed E-state index contributed by atoms with van der Waals surface area (Å²) in [5.41, 5.74) is 0.147. The molecular weight excluding hydrogens is 304 g/mol. The monoisotopic (exact) mass is 326 g/mol. The third kappa shape index (κ3) is 3.92. The Kier molecular flexibility index (Phi) is 5.33. The van der Waals surface area contributed by atoms with E-state index < -0.39 is 10.0 Å².